The summed E-state index contributed by atoms with van der Waals surface area (Å²) in [5.41, 5.74) is -3.60. The van der Waals surface area contributed by atoms with E-state index in [9.17, 15) is 35.1 Å². The molecule has 2 nitrogen and oxygen atoms in total. The molecule has 0 spiro atoms. The van der Waals surface area contributed by atoms with Crippen molar-refractivity contribution in [3.8, 4) is 0 Å². The fraction of sp³-hybridized carbons (Fsp3) is 1.00. The molecule has 0 aliphatic carbocycles. The summed E-state index contributed by atoms with van der Waals surface area (Å²) in [6.07, 6.45) is -14.7. The number of nitrogens with zero attached hydrogens (tertiary/aromatic N) is 1. The van der Waals surface area contributed by atoms with Gasteiger partial charge < -0.3 is 4.74 Å². The summed E-state index contributed by atoms with van der Waals surface area (Å²) in [6.45, 7) is 1.93. The van der Waals surface area contributed by atoms with Crippen LogP contribution in [-0.2, 0) is 4.74 Å². The van der Waals surface area contributed by atoms with Gasteiger partial charge in [0.05, 0.1) is 6.10 Å². The molecular formula is C15H23F8NO. The van der Waals surface area contributed by atoms with Gasteiger partial charge in [0.25, 0.3) is 0 Å². The molecule has 150 valence electrons. The first-order chi connectivity index (χ1) is 11.2. The molecule has 0 aromatic rings. The number of halogens is 8. The van der Waals surface area contributed by atoms with E-state index in [-0.39, 0.29) is 20.0 Å². The summed E-state index contributed by atoms with van der Waals surface area (Å²) in [6, 6.07) is 0. The number of likely N-dealkylation sites (tertiary alicyclic amines) is 1. The molecule has 25 heavy (non-hydrogen) atoms. The molecule has 1 aliphatic rings. The Balaban J connectivity index is 2.79. The van der Waals surface area contributed by atoms with Crippen molar-refractivity contribution in [1.29, 1.82) is 0 Å². The Morgan fingerprint density at radius 1 is 0.840 bits per heavy atom. The Bertz CT molecular complexity index is 422. The van der Waals surface area contributed by atoms with Crippen molar-refractivity contribution in [2.75, 3.05) is 13.1 Å². The highest BCUT2D eigenvalue weighted by Gasteiger charge is 2.58. The number of alkyl halides is 8. The Hall–Kier alpha value is -0.640. The highest BCUT2D eigenvalue weighted by Crippen LogP contribution is 2.39. The maximum atomic E-state index is 14.2. The van der Waals surface area contributed by atoms with E-state index in [1.807, 2.05) is 0 Å². The molecule has 0 radical (unpaired) electrons. The van der Waals surface area contributed by atoms with Crippen molar-refractivity contribution in [2.45, 2.75) is 82.5 Å². The predicted molar refractivity (Wildman–Crippen MR) is 75.7 cm³/mol. The monoisotopic (exact) mass is 385 g/mol. The molecule has 1 heterocycles. The zero-order valence-corrected chi connectivity index (χ0v) is 14.2. The summed E-state index contributed by atoms with van der Waals surface area (Å²) >= 11 is 0. The first-order valence-electron chi connectivity index (χ1n) is 8.03. The number of hydrogen-bond donors (Lipinski definition) is 0. The molecule has 1 fully saturated rings. The smallest absolute Gasteiger partial charge is 0.366 e. The Labute approximate surface area is 141 Å². The topological polar surface area (TPSA) is 12.5 Å². The van der Waals surface area contributed by atoms with Crippen LogP contribution >= 0.6 is 0 Å². The maximum absolute atomic E-state index is 14.2. The van der Waals surface area contributed by atoms with Crippen LogP contribution in [0.5, 0.6) is 0 Å². The highest BCUT2D eigenvalue weighted by molar-refractivity contribution is 4.94. The van der Waals surface area contributed by atoms with Crippen molar-refractivity contribution in [3.05, 3.63) is 0 Å². The molecule has 0 N–H and O–H groups in total. The molecule has 5 unspecified atom stereocenters. The summed E-state index contributed by atoms with van der Waals surface area (Å²) in [4.78, 5) is 0.913. The first kappa shape index (κ1) is 22.4. The first-order valence-corrected chi connectivity index (χ1v) is 8.03. The molecule has 10 heteroatoms. The molecule has 0 amide bonds. The van der Waals surface area contributed by atoms with Gasteiger partial charge in [-0.1, -0.05) is 6.42 Å². The molecule has 1 aliphatic heterocycles. The Morgan fingerprint density at radius 3 is 1.76 bits per heavy atom. The van der Waals surface area contributed by atoms with Gasteiger partial charge in [0, 0.05) is 13.1 Å². The van der Waals surface area contributed by atoms with E-state index in [0.29, 0.717) is 19.8 Å². The number of ether oxygens (including phenoxy) is 1. The predicted octanol–water partition coefficient (Wildman–Crippen LogP) is 4.83. The minimum Gasteiger partial charge on any atom is -0.366 e. The highest BCUT2D eigenvalue weighted by atomic mass is 19.4. The molecule has 5 atom stereocenters. The minimum atomic E-state index is -5.51. The average molecular weight is 385 g/mol. The van der Waals surface area contributed by atoms with Gasteiger partial charge in [0.1, 0.15) is 6.10 Å². The van der Waals surface area contributed by atoms with Crippen molar-refractivity contribution >= 4 is 0 Å². The average Bonchev–Trinajstić information content (AvgIpc) is 2.52. The van der Waals surface area contributed by atoms with Crippen LogP contribution in [-0.4, -0.2) is 60.4 Å². The van der Waals surface area contributed by atoms with Crippen LogP contribution in [0.1, 0.15) is 40.0 Å². The maximum Gasteiger partial charge on any atom is 0.422 e. The van der Waals surface area contributed by atoms with E-state index in [4.69, 9.17) is 0 Å². The molecule has 0 aromatic heterocycles. The van der Waals surface area contributed by atoms with Gasteiger partial charge in [0.2, 0.25) is 12.5 Å². The Morgan fingerprint density at radius 2 is 1.32 bits per heavy atom. The van der Waals surface area contributed by atoms with E-state index in [0.717, 1.165) is 18.2 Å². The van der Waals surface area contributed by atoms with E-state index in [1.54, 1.807) is 0 Å². The SMILES string of the molecule is CC(OC(C)C(F)(F)C(F)N1CCCCC1)C(C)(F)C(F)C(F)(F)F. The summed E-state index contributed by atoms with van der Waals surface area (Å²) < 4.78 is 112. The number of rotatable bonds is 7. The molecule has 0 bridgehead atoms. The van der Waals surface area contributed by atoms with Gasteiger partial charge >= 0.3 is 12.1 Å². The van der Waals surface area contributed by atoms with Crippen LogP contribution in [0, 0.1) is 0 Å². The largest absolute Gasteiger partial charge is 0.422 e. The summed E-state index contributed by atoms with van der Waals surface area (Å²) in [5, 5.41) is 0. The zero-order valence-electron chi connectivity index (χ0n) is 14.2. The molecule has 1 rings (SSSR count). The van der Waals surface area contributed by atoms with Gasteiger partial charge in [0.15, 0.2) is 5.67 Å². The second-order valence-corrected chi connectivity index (χ2v) is 6.58. The Kier molecular flexibility index (Phi) is 7.11. The summed E-state index contributed by atoms with van der Waals surface area (Å²) in [7, 11) is 0. The second-order valence-electron chi connectivity index (χ2n) is 6.58. The van der Waals surface area contributed by atoms with E-state index < -0.39 is 42.4 Å². The third kappa shape index (κ3) is 5.18. The van der Waals surface area contributed by atoms with Gasteiger partial charge in [-0.3, -0.25) is 4.90 Å². The second kappa shape index (κ2) is 7.94. The number of hydrogen-bond acceptors (Lipinski definition) is 2. The lowest BCUT2D eigenvalue weighted by Crippen LogP contribution is -2.56. The lowest BCUT2D eigenvalue weighted by molar-refractivity contribution is -0.258. The van der Waals surface area contributed by atoms with E-state index >= 15 is 0 Å². The minimum absolute atomic E-state index is 0.112. The molecule has 1 saturated heterocycles. The van der Waals surface area contributed by atoms with Crippen LogP contribution in [0.3, 0.4) is 0 Å². The van der Waals surface area contributed by atoms with Gasteiger partial charge in [-0.2, -0.15) is 22.0 Å². The third-order valence-electron chi connectivity index (χ3n) is 4.56. The molecular weight excluding hydrogens is 362 g/mol. The van der Waals surface area contributed by atoms with Crippen molar-refractivity contribution < 1.29 is 39.9 Å². The quantitative estimate of drug-likeness (QED) is 0.460. The summed E-state index contributed by atoms with van der Waals surface area (Å²) in [5.74, 6) is -4.09. The molecule has 0 saturated carbocycles. The van der Waals surface area contributed by atoms with E-state index in [1.165, 1.54) is 0 Å². The van der Waals surface area contributed by atoms with Crippen LogP contribution in [0.4, 0.5) is 35.1 Å². The number of piperidine rings is 1. The van der Waals surface area contributed by atoms with Crippen molar-refractivity contribution in [2.24, 2.45) is 0 Å². The normalized spacial score (nSPS) is 25.1. The van der Waals surface area contributed by atoms with Crippen molar-refractivity contribution in [3.63, 3.8) is 0 Å². The standard InChI is InChI=1S/C15H23F8NO/c1-9(13(3,18)11(16)15(21,22)23)25-10(2)14(19,20)12(17)24-7-5-4-6-8-24/h9-12H,4-8H2,1-3H3. The van der Waals surface area contributed by atoms with Gasteiger partial charge in [-0.25, -0.2) is 13.2 Å². The van der Waals surface area contributed by atoms with Crippen LogP contribution in [0.15, 0.2) is 0 Å². The molecule has 0 aromatic carbocycles. The fourth-order valence-corrected chi connectivity index (χ4v) is 2.64. The lowest BCUT2D eigenvalue weighted by atomic mass is 9.95. The fourth-order valence-electron chi connectivity index (χ4n) is 2.64. The van der Waals surface area contributed by atoms with Crippen LogP contribution in [0.2, 0.25) is 0 Å². The lowest BCUT2D eigenvalue weighted by Gasteiger charge is -2.39. The van der Waals surface area contributed by atoms with Gasteiger partial charge in [-0.15, -0.1) is 0 Å². The zero-order chi connectivity index (χ0) is 19.6. The van der Waals surface area contributed by atoms with E-state index in [2.05, 4.69) is 4.74 Å². The van der Waals surface area contributed by atoms with Crippen LogP contribution < -0.4 is 0 Å². The third-order valence-corrected chi connectivity index (χ3v) is 4.56. The van der Waals surface area contributed by atoms with Gasteiger partial charge in [-0.05, 0) is 33.6 Å². The van der Waals surface area contributed by atoms with Crippen LogP contribution in [0.25, 0.3) is 0 Å². The van der Waals surface area contributed by atoms with Crippen molar-refractivity contribution in [1.82, 2.24) is 4.90 Å².